The van der Waals surface area contributed by atoms with Crippen LogP contribution in [-0.4, -0.2) is 48.8 Å². The van der Waals surface area contributed by atoms with E-state index in [2.05, 4.69) is 9.80 Å². The molecule has 0 saturated carbocycles. The second kappa shape index (κ2) is 10.2. The van der Waals surface area contributed by atoms with E-state index in [4.69, 9.17) is 9.72 Å². The van der Waals surface area contributed by atoms with Crippen molar-refractivity contribution in [3.05, 3.63) is 100 Å². The molecule has 4 aromatic rings. The number of hydrogen-bond acceptors (Lipinski definition) is 6. The van der Waals surface area contributed by atoms with Crippen LogP contribution in [0.5, 0.6) is 0 Å². The summed E-state index contributed by atoms with van der Waals surface area (Å²) in [5, 5.41) is 0.462. The first-order valence-electron chi connectivity index (χ1n) is 12.0. The summed E-state index contributed by atoms with van der Waals surface area (Å²) in [7, 11) is 1.33. The molecule has 0 unspecified atom stereocenters. The number of nitrogens with zero attached hydrogens (tertiary/aromatic N) is 4. The number of carbonyl (C=O) groups is 1. The molecule has 0 spiro atoms. The van der Waals surface area contributed by atoms with Gasteiger partial charge in [-0.05, 0) is 54.4 Å². The predicted octanol–water partition coefficient (Wildman–Crippen LogP) is 3.89. The number of piperazine rings is 1. The van der Waals surface area contributed by atoms with Gasteiger partial charge in [0.1, 0.15) is 5.82 Å². The Morgan fingerprint density at radius 1 is 0.944 bits per heavy atom. The van der Waals surface area contributed by atoms with Crippen molar-refractivity contribution in [2.24, 2.45) is 0 Å². The van der Waals surface area contributed by atoms with Crippen LogP contribution in [0.25, 0.3) is 10.9 Å². The van der Waals surface area contributed by atoms with E-state index in [1.165, 1.54) is 19.2 Å². The fourth-order valence-electron chi connectivity index (χ4n) is 4.60. The number of anilines is 2. The first kappa shape index (κ1) is 23.5. The molecule has 3 aromatic carbocycles. The highest BCUT2D eigenvalue weighted by Gasteiger charge is 2.23. The molecule has 1 aromatic heterocycles. The van der Waals surface area contributed by atoms with E-state index in [1.54, 1.807) is 34.9 Å². The van der Waals surface area contributed by atoms with Gasteiger partial charge in [-0.1, -0.05) is 30.3 Å². The van der Waals surface area contributed by atoms with Gasteiger partial charge in [-0.3, -0.25) is 9.36 Å². The molecule has 1 saturated heterocycles. The molecule has 7 nitrogen and oxygen atoms in total. The van der Waals surface area contributed by atoms with Gasteiger partial charge < -0.3 is 14.5 Å². The van der Waals surface area contributed by atoms with Crippen LogP contribution in [0, 0.1) is 5.82 Å². The Bertz CT molecular complexity index is 1430. The molecule has 1 aliphatic rings. The first-order chi connectivity index (χ1) is 17.5. The quantitative estimate of drug-likeness (QED) is 0.385. The largest absolute Gasteiger partial charge is 0.465 e. The van der Waals surface area contributed by atoms with E-state index >= 15 is 0 Å². The van der Waals surface area contributed by atoms with E-state index in [-0.39, 0.29) is 11.4 Å². The standard InChI is InChI=1S/C28H27FN4O3/c1-36-27(35)21-7-12-24-25(19-21)30-28(33(26(24)34)14-13-20-5-3-2-4-6-20)32-17-15-31(16-18-32)23-10-8-22(29)9-11-23/h2-12,19H,13-18H2,1H3. The fraction of sp³-hybridized carbons (Fsp3) is 0.250. The van der Waals surface area contributed by atoms with Crippen molar-refractivity contribution in [3.8, 4) is 0 Å². The zero-order valence-electron chi connectivity index (χ0n) is 20.1. The lowest BCUT2D eigenvalue weighted by atomic mass is 10.1. The number of benzene rings is 3. The monoisotopic (exact) mass is 486 g/mol. The Morgan fingerprint density at radius 2 is 1.64 bits per heavy atom. The van der Waals surface area contributed by atoms with Crippen LogP contribution < -0.4 is 15.4 Å². The molecule has 0 radical (unpaired) electrons. The zero-order valence-corrected chi connectivity index (χ0v) is 20.1. The van der Waals surface area contributed by atoms with Crippen LogP contribution >= 0.6 is 0 Å². The van der Waals surface area contributed by atoms with Crippen LogP contribution in [0.3, 0.4) is 0 Å². The van der Waals surface area contributed by atoms with Crippen molar-refractivity contribution in [2.45, 2.75) is 13.0 Å². The van der Waals surface area contributed by atoms with Crippen molar-refractivity contribution in [1.29, 1.82) is 0 Å². The molecule has 36 heavy (non-hydrogen) atoms. The van der Waals surface area contributed by atoms with E-state index < -0.39 is 5.97 Å². The average molecular weight is 487 g/mol. The Morgan fingerprint density at radius 3 is 2.33 bits per heavy atom. The molecule has 0 amide bonds. The van der Waals surface area contributed by atoms with Crippen LogP contribution in [0.1, 0.15) is 15.9 Å². The van der Waals surface area contributed by atoms with Gasteiger partial charge in [-0.2, -0.15) is 0 Å². The summed E-state index contributed by atoms with van der Waals surface area (Å²) in [5.41, 5.74) is 2.79. The molecular weight excluding hydrogens is 459 g/mol. The molecule has 0 bridgehead atoms. The highest BCUT2D eigenvalue weighted by Crippen LogP contribution is 2.22. The Kier molecular flexibility index (Phi) is 6.66. The maximum atomic E-state index is 13.6. The van der Waals surface area contributed by atoms with Crippen molar-refractivity contribution >= 4 is 28.5 Å². The number of rotatable bonds is 6. The van der Waals surface area contributed by atoms with Crippen LogP contribution in [0.4, 0.5) is 16.0 Å². The Hall–Kier alpha value is -4.20. The SMILES string of the molecule is COC(=O)c1ccc2c(=O)n(CCc3ccccc3)c(N3CCN(c4ccc(F)cc4)CC3)nc2c1. The van der Waals surface area contributed by atoms with Crippen molar-refractivity contribution in [1.82, 2.24) is 9.55 Å². The summed E-state index contributed by atoms with van der Waals surface area (Å²) in [6.07, 6.45) is 0.691. The molecule has 1 aliphatic heterocycles. The summed E-state index contributed by atoms with van der Waals surface area (Å²) in [6.45, 7) is 3.20. The molecule has 0 N–H and O–H groups in total. The van der Waals surface area contributed by atoms with Crippen LogP contribution in [-0.2, 0) is 17.7 Å². The molecule has 1 fully saturated rings. The molecule has 0 aliphatic carbocycles. The lowest BCUT2D eigenvalue weighted by molar-refractivity contribution is 0.0601. The second-order valence-electron chi connectivity index (χ2n) is 8.78. The maximum absolute atomic E-state index is 13.6. The van der Waals surface area contributed by atoms with Gasteiger partial charge >= 0.3 is 5.97 Å². The van der Waals surface area contributed by atoms with E-state index in [1.807, 2.05) is 30.3 Å². The average Bonchev–Trinajstić information content (AvgIpc) is 2.93. The zero-order chi connectivity index (χ0) is 25.1. The van der Waals surface area contributed by atoms with Crippen LogP contribution in [0.15, 0.2) is 77.6 Å². The van der Waals surface area contributed by atoms with Gasteiger partial charge in [0.15, 0.2) is 0 Å². The van der Waals surface area contributed by atoms with Crippen molar-refractivity contribution in [3.63, 3.8) is 0 Å². The molecule has 184 valence electrons. The molecule has 5 rings (SSSR count). The summed E-state index contributed by atoms with van der Waals surface area (Å²) in [5.74, 6) is -0.142. The third-order valence-electron chi connectivity index (χ3n) is 6.58. The third kappa shape index (κ3) is 4.79. The van der Waals surface area contributed by atoms with Gasteiger partial charge in [0.25, 0.3) is 5.56 Å². The maximum Gasteiger partial charge on any atom is 0.337 e. The number of halogens is 1. The summed E-state index contributed by atoms with van der Waals surface area (Å²) < 4.78 is 19.9. The highest BCUT2D eigenvalue weighted by atomic mass is 19.1. The number of ether oxygens (including phenoxy) is 1. The van der Waals surface area contributed by atoms with Crippen molar-refractivity contribution < 1.29 is 13.9 Å². The summed E-state index contributed by atoms with van der Waals surface area (Å²) in [6, 6.07) is 21.4. The lowest BCUT2D eigenvalue weighted by Gasteiger charge is -2.37. The number of aryl methyl sites for hydroxylation is 1. The lowest BCUT2D eigenvalue weighted by Crippen LogP contribution is -2.48. The fourth-order valence-corrected chi connectivity index (χ4v) is 4.60. The van der Waals surface area contributed by atoms with Gasteiger partial charge in [0.2, 0.25) is 5.95 Å². The number of methoxy groups -OCH3 is 1. The minimum absolute atomic E-state index is 0.136. The molecule has 0 atom stereocenters. The smallest absolute Gasteiger partial charge is 0.337 e. The number of aromatic nitrogens is 2. The van der Waals surface area contributed by atoms with E-state index in [0.717, 1.165) is 11.3 Å². The van der Waals surface area contributed by atoms with Gasteiger partial charge in [-0.25, -0.2) is 14.2 Å². The molecule has 8 heteroatoms. The van der Waals surface area contributed by atoms with E-state index in [0.29, 0.717) is 61.6 Å². The second-order valence-corrected chi connectivity index (χ2v) is 8.78. The van der Waals surface area contributed by atoms with E-state index in [9.17, 15) is 14.0 Å². The van der Waals surface area contributed by atoms with Gasteiger partial charge in [0.05, 0.1) is 23.6 Å². The minimum Gasteiger partial charge on any atom is -0.465 e. The highest BCUT2D eigenvalue weighted by molar-refractivity contribution is 5.94. The number of carbonyl (C=O) groups excluding carboxylic acids is 1. The topological polar surface area (TPSA) is 67.7 Å². The van der Waals surface area contributed by atoms with Gasteiger partial charge in [0, 0.05) is 38.4 Å². The Labute approximate surface area is 208 Å². The summed E-state index contributed by atoms with van der Waals surface area (Å²) in [4.78, 5) is 34.9. The number of fused-ring (bicyclic) bond motifs is 1. The van der Waals surface area contributed by atoms with Gasteiger partial charge in [-0.15, -0.1) is 0 Å². The predicted molar refractivity (Wildman–Crippen MR) is 138 cm³/mol. The third-order valence-corrected chi connectivity index (χ3v) is 6.58. The number of hydrogen-bond donors (Lipinski definition) is 0. The first-order valence-corrected chi connectivity index (χ1v) is 12.0. The van der Waals surface area contributed by atoms with Crippen LogP contribution in [0.2, 0.25) is 0 Å². The number of esters is 1. The Balaban J connectivity index is 1.48. The molecule has 2 heterocycles. The minimum atomic E-state index is -0.471. The normalized spacial score (nSPS) is 13.7. The summed E-state index contributed by atoms with van der Waals surface area (Å²) >= 11 is 0. The molecular formula is C28H27FN4O3. The van der Waals surface area contributed by atoms with Crippen molar-refractivity contribution in [2.75, 3.05) is 43.1 Å².